The van der Waals surface area contributed by atoms with Crippen LogP contribution in [-0.4, -0.2) is 38.3 Å². The average molecular weight is 256 g/mol. The topological polar surface area (TPSA) is 50.4 Å². The standard InChI is InChI=1S/C14H28N2O2/c1-5-14(7-8-15-10-14)13(17)16-12(11(3)4)9-18-6-2/h11-12,15H,5-10H2,1-4H3,(H,16,17). The van der Waals surface area contributed by atoms with Gasteiger partial charge in [0.1, 0.15) is 0 Å². The van der Waals surface area contributed by atoms with Crippen LogP contribution in [0.4, 0.5) is 0 Å². The summed E-state index contributed by atoms with van der Waals surface area (Å²) in [5, 5.41) is 6.48. The molecule has 0 aliphatic carbocycles. The van der Waals surface area contributed by atoms with Gasteiger partial charge in [0.25, 0.3) is 0 Å². The maximum absolute atomic E-state index is 12.5. The van der Waals surface area contributed by atoms with Gasteiger partial charge in [-0.2, -0.15) is 0 Å². The summed E-state index contributed by atoms with van der Waals surface area (Å²) in [7, 11) is 0. The molecule has 0 bridgehead atoms. The van der Waals surface area contributed by atoms with Crippen molar-refractivity contribution in [2.24, 2.45) is 11.3 Å². The first kappa shape index (κ1) is 15.4. The van der Waals surface area contributed by atoms with Gasteiger partial charge in [0.15, 0.2) is 0 Å². The highest BCUT2D eigenvalue weighted by molar-refractivity contribution is 5.83. The van der Waals surface area contributed by atoms with E-state index < -0.39 is 0 Å². The fourth-order valence-corrected chi connectivity index (χ4v) is 2.37. The zero-order valence-electron chi connectivity index (χ0n) is 12.2. The van der Waals surface area contributed by atoms with Gasteiger partial charge in [0, 0.05) is 13.2 Å². The van der Waals surface area contributed by atoms with Crippen LogP contribution in [0.2, 0.25) is 0 Å². The zero-order valence-corrected chi connectivity index (χ0v) is 12.2. The second kappa shape index (κ2) is 7.10. The molecule has 1 aliphatic rings. The van der Waals surface area contributed by atoms with Crippen LogP contribution >= 0.6 is 0 Å². The Bertz CT molecular complexity index is 261. The minimum Gasteiger partial charge on any atom is -0.380 e. The Kier molecular flexibility index (Phi) is 6.09. The van der Waals surface area contributed by atoms with E-state index in [1.165, 1.54) is 0 Å². The number of carbonyl (C=O) groups excluding carboxylic acids is 1. The van der Waals surface area contributed by atoms with E-state index in [2.05, 4.69) is 31.4 Å². The minimum absolute atomic E-state index is 0.112. The van der Waals surface area contributed by atoms with E-state index >= 15 is 0 Å². The highest BCUT2D eigenvalue weighted by Gasteiger charge is 2.40. The van der Waals surface area contributed by atoms with Gasteiger partial charge in [-0.15, -0.1) is 0 Å². The van der Waals surface area contributed by atoms with Crippen molar-refractivity contribution in [3.05, 3.63) is 0 Å². The number of rotatable bonds is 7. The van der Waals surface area contributed by atoms with Crippen molar-refractivity contribution >= 4 is 5.91 Å². The fourth-order valence-electron chi connectivity index (χ4n) is 2.37. The third-order valence-electron chi connectivity index (χ3n) is 4.02. The van der Waals surface area contributed by atoms with Crippen LogP contribution in [0.15, 0.2) is 0 Å². The molecule has 0 aromatic carbocycles. The summed E-state index contributed by atoms with van der Waals surface area (Å²) in [6.07, 6.45) is 1.83. The Labute approximate surface area is 111 Å². The highest BCUT2D eigenvalue weighted by Crippen LogP contribution is 2.29. The lowest BCUT2D eigenvalue weighted by atomic mass is 9.83. The summed E-state index contributed by atoms with van der Waals surface area (Å²) in [6, 6.07) is 0.112. The van der Waals surface area contributed by atoms with Crippen LogP contribution in [0.5, 0.6) is 0 Å². The number of ether oxygens (including phenoxy) is 1. The number of nitrogens with one attached hydrogen (secondary N) is 2. The largest absolute Gasteiger partial charge is 0.380 e. The molecule has 1 aliphatic heterocycles. The molecule has 4 nitrogen and oxygen atoms in total. The molecule has 106 valence electrons. The average Bonchev–Trinajstić information content (AvgIpc) is 2.83. The van der Waals surface area contributed by atoms with E-state index in [1.54, 1.807) is 0 Å². The van der Waals surface area contributed by atoms with Gasteiger partial charge in [0.05, 0.1) is 18.1 Å². The molecule has 2 atom stereocenters. The molecule has 2 N–H and O–H groups in total. The van der Waals surface area contributed by atoms with E-state index in [4.69, 9.17) is 4.74 Å². The maximum Gasteiger partial charge on any atom is 0.227 e. The van der Waals surface area contributed by atoms with Crippen molar-refractivity contribution in [3.63, 3.8) is 0 Å². The van der Waals surface area contributed by atoms with Crippen LogP contribution in [0.1, 0.15) is 40.5 Å². The predicted molar refractivity (Wildman–Crippen MR) is 73.5 cm³/mol. The van der Waals surface area contributed by atoms with Crippen molar-refractivity contribution < 1.29 is 9.53 Å². The number of carbonyl (C=O) groups is 1. The van der Waals surface area contributed by atoms with Gasteiger partial charge in [-0.1, -0.05) is 20.8 Å². The summed E-state index contributed by atoms with van der Waals surface area (Å²) in [6.45, 7) is 11.4. The molecule has 0 saturated carbocycles. The molecule has 1 rings (SSSR count). The molecule has 0 aromatic rings. The summed E-state index contributed by atoms with van der Waals surface area (Å²) in [5.41, 5.74) is -0.209. The Morgan fingerprint density at radius 3 is 2.61 bits per heavy atom. The lowest BCUT2D eigenvalue weighted by molar-refractivity contribution is -0.132. The monoisotopic (exact) mass is 256 g/mol. The lowest BCUT2D eigenvalue weighted by Crippen LogP contribution is -2.49. The van der Waals surface area contributed by atoms with Gasteiger partial charge >= 0.3 is 0 Å². The first-order chi connectivity index (χ1) is 8.55. The van der Waals surface area contributed by atoms with E-state index in [0.29, 0.717) is 19.1 Å². The molecule has 1 heterocycles. The SMILES string of the molecule is CCOCC(NC(=O)C1(CC)CCNC1)C(C)C. The molecule has 4 heteroatoms. The first-order valence-corrected chi connectivity index (χ1v) is 7.15. The van der Waals surface area contributed by atoms with Crippen molar-refractivity contribution in [3.8, 4) is 0 Å². The molecule has 2 unspecified atom stereocenters. The van der Waals surface area contributed by atoms with Crippen LogP contribution in [0.3, 0.4) is 0 Å². The molecule has 1 saturated heterocycles. The number of hydrogen-bond acceptors (Lipinski definition) is 3. The third-order valence-corrected chi connectivity index (χ3v) is 4.02. The number of amides is 1. The molecule has 0 spiro atoms. The lowest BCUT2D eigenvalue weighted by Gasteiger charge is -2.30. The highest BCUT2D eigenvalue weighted by atomic mass is 16.5. The van der Waals surface area contributed by atoms with Crippen LogP contribution < -0.4 is 10.6 Å². The summed E-state index contributed by atoms with van der Waals surface area (Å²) >= 11 is 0. The van der Waals surface area contributed by atoms with Gasteiger partial charge in [0.2, 0.25) is 5.91 Å². The van der Waals surface area contributed by atoms with Gasteiger partial charge in [-0.05, 0) is 32.2 Å². The molecule has 0 radical (unpaired) electrons. The summed E-state index contributed by atoms with van der Waals surface area (Å²) in [5.74, 6) is 0.581. The van der Waals surface area contributed by atoms with E-state index in [0.717, 1.165) is 25.9 Å². The normalized spacial score (nSPS) is 25.4. The third kappa shape index (κ3) is 3.69. The van der Waals surface area contributed by atoms with Crippen molar-refractivity contribution in [2.75, 3.05) is 26.3 Å². The van der Waals surface area contributed by atoms with Crippen LogP contribution in [0, 0.1) is 11.3 Å². The van der Waals surface area contributed by atoms with E-state index in [9.17, 15) is 4.79 Å². The van der Waals surface area contributed by atoms with Gasteiger partial charge in [-0.3, -0.25) is 4.79 Å². The van der Waals surface area contributed by atoms with Crippen molar-refractivity contribution in [1.29, 1.82) is 0 Å². The van der Waals surface area contributed by atoms with Gasteiger partial charge in [-0.25, -0.2) is 0 Å². The number of hydrogen-bond donors (Lipinski definition) is 2. The zero-order chi connectivity index (χ0) is 13.6. The maximum atomic E-state index is 12.5. The van der Waals surface area contributed by atoms with Crippen molar-refractivity contribution in [2.45, 2.75) is 46.6 Å². The second-order valence-corrected chi connectivity index (χ2v) is 5.54. The molecule has 1 amide bonds. The second-order valence-electron chi connectivity index (χ2n) is 5.54. The molecule has 18 heavy (non-hydrogen) atoms. The Hall–Kier alpha value is -0.610. The molecular formula is C14H28N2O2. The Morgan fingerprint density at radius 1 is 1.44 bits per heavy atom. The van der Waals surface area contributed by atoms with Crippen LogP contribution in [-0.2, 0) is 9.53 Å². The minimum atomic E-state index is -0.209. The molecular weight excluding hydrogens is 228 g/mol. The van der Waals surface area contributed by atoms with Crippen LogP contribution in [0.25, 0.3) is 0 Å². The Morgan fingerprint density at radius 2 is 2.17 bits per heavy atom. The quantitative estimate of drug-likeness (QED) is 0.726. The molecule has 0 aromatic heterocycles. The predicted octanol–water partition coefficient (Wildman–Crippen LogP) is 1.55. The fraction of sp³-hybridized carbons (Fsp3) is 0.929. The summed E-state index contributed by atoms with van der Waals surface area (Å²) < 4.78 is 5.46. The van der Waals surface area contributed by atoms with E-state index in [-0.39, 0.29) is 17.4 Å². The Balaban J connectivity index is 2.59. The molecule has 1 fully saturated rings. The first-order valence-electron chi connectivity index (χ1n) is 7.15. The van der Waals surface area contributed by atoms with E-state index in [1.807, 2.05) is 6.92 Å². The van der Waals surface area contributed by atoms with Gasteiger partial charge < -0.3 is 15.4 Å². The smallest absolute Gasteiger partial charge is 0.227 e. The van der Waals surface area contributed by atoms with Crippen molar-refractivity contribution in [1.82, 2.24) is 10.6 Å². The summed E-state index contributed by atoms with van der Waals surface area (Å²) in [4.78, 5) is 12.5.